The van der Waals surface area contributed by atoms with Crippen molar-refractivity contribution in [3.63, 3.8) is 0 Å². The van der Waals surface area contributed by atoms with Crippen molar-refractivity contribution in [2.45, 2.75) is 68.3 Å². The standard InChI is InChI=1S/C27H29NO4/c29-20-10-11-27(30)22-14-19-8-9-21(31-16-18-4-2-1-3-5-18)24-23(19)26(27,25(20)32-24)12-13-28(22)15-17-6-7-17/h1-5,8-9,17,22,25,30H,6-7,10-16H2/t22-,25?,26+,27-/m1/s1. The van der Waals surface area contributed by atoms with E-state index < -0.39 is 17.1 Å². The van der Waals surface area contributed by atoms with Gasteiger partial charge in [0.05, 0.1) is 11.0 Å². The summed E-state index contributed by atoms with van der Waals surface area (Å²) in [6, 6.07) is 14.3. The number of nitrogens with zero attached hydrogens (tertiary/aromatic N) is 1. The highest BCUT2D eigenvalue weighted by Crippen LogP contribution is 2.65. The summed E-state index contributed by atoms with van der Waals surface area (Å²) in [6.07, 6.45) is 4.52. The number of hydrogen-bond acceptors (Lipinski definition) is 5. The fourth-order valence-corrected chi connectivity index (χ4v) is 7.10. The molecule has 1 spiro atoms. The predicted molar refractivity (Wildman–Crippen MR) is 119 cm³/mol. The summed E-state index contributed by atoms with van der Waals surface area (Å²) in [7, 11) is 0. The number of Topliss-reactive ketones (excluding diaryl/α,β-unsaturated/α-hetero) is 1. The molecule has 2 aromatic carbocycles. The van der Waals surface area contributed by atoms with Crippen molar-refractivity contribution in [2.75, 3.05) is 13.1 Å². The smallest absolute Gasteiger partial charge is 0.174 e. The van der Waals surface area contributed by atoms with Crippen LogP contribution < -0.4 is 9.47 Å². The average molecular weight is 432 g/mol. The topological polar surface area (TPSA) is 59.0 Å². The fraction of sp³-hybridized carbons (Fsp3) is 0.519. The zero-order chi connectivity index (χ0) is 21.5. The Hall–Kier alpha value is -2.37. The van der Waals surface area contributed by atoms with E-state index in [1.165, 1.54) is 18.4 Å². The normalized spacial score (nSPS) is 34.7. The first-order valence-electron chi connectivity index (χ1n) is 12.1. The molecule has 3 aliphatic carbocycles. The van der Waals surface area contributed by atoms with Crippen LogP contribution in [0.25, 0.3) is 0 Å². The number of benzene rings is 2. The summed E-state index contributed by atoms with van der Waals surface area (Å²) >= 11 is 0. The summed E-state index contributed by atoms with van der Waals surface area (Å²) in [6.45, 7) is 2.44. The highest BCUT2D eigenvalue weighted by atomic mass is 16.5. The van der Waals surface area contributed by atoms with E-state index in [2.05, 4.69) is 11.0 Å². The summed E-state index contributed by atoms with van der Waals surface area (Å²) in [5.74, 6) is 2.29. The Bertz CT molecular complexity index is 1100. The third-order valence-electron chi connectivity index (χ3n) is 8.78. The number of rotatable bonds is 5. The van der Waals surface area contributed by atoms with Crippen molar-refractivity contribution < 1.29 is 19.4 Å². The molecule has 166 valence electrons. The van der Waals surface area contributed by atoms with Crippen LogP contribution in [0.2, 0.25) is 0 Å². The molecular weight excluding hydrogens is 402 g/mol. The van der Waals surface area contributed by atoms with Crippen LogP contribution in [0, 0.1) is 5.92 Å². The molecule has 1 N–H and O–H groups in total. The second-order valence-corrected chi connectivity index (χ2v) is 10.5. The molecule has 0 radical (unpaired) electrons. The lowest BCUT2D eigenvalue weighted by atomic mass is 9.49. The minimum atomic E-state index is -0.922. The number of hydrogen-bond donors (Lipinski definition) is 1. The zero-order valence-corrected chi connectivity index (χ0v) is 18.3. The molecule has 2 saturated carbocycles. The van der Waals surface area contributed by atoms with Gasteiger partial charge < -0.3 is 14.6 Å². The van der Waals surface area contributed by atoms with Gasteiger partial charge in [-0.05, 0) is 61.8 Å². The Labute approximate surface area is 188 Å². The lowest BCUT2D eigenvalue weighted by Gasteiger charge is -2.62. The van der Waals surface area contributed by atoms with E-state index in [4.69, 9.17) is 9.47 Å². The van der Waals surface area contributed by atoms with Crippen LogP contribution in [0.1, 0.15) is 48.8 Å². The van der Waals surface area contributed by atoms with E-state index in [-0.39, 0.29) is 11.8 Å². The Morgan fingerprint density at radius 2 is 1.97 bits per heavy atom. The van der Waals surface area contributed by atoms with Crippen LogP contribution in [0.3, 0.4) is 0 Å². The number of ketones is 1. The quantitative estimate of drug-likeness (QED) is 0.786. The highest BCUT2D eigenvalue weighted by molar-refractivity contribution is 5.90. The zero-order valence-electron chi connectivity index (χ0n) is 18.3. The molecule has 2 aromatic rings. The van der Waals surface area contributed by atoms with E-state index in [0.29, 0.717) is 30.9 Å². The van der Waals surface area contributed by atoms with Crippen LogP contribution in [0.4, 0.5) is 0 Å². The molecular formula is C27H29NO4. The van der Waals surface area contributed by atoms with Gasteiger partial charge in [-0.25, -0.2) is 0 Å². The largest absolute Gasteiger partial charge is 0.485 e. The van der Waals surface area contributed by atoms with Gasteiger partial charge in [0.25, 0.3) is 0 Å². The predicted octanol–water partition coefficient (Wildman–Crippen LogP) is 3.40. The lowest BCUT2D eigenvalue weighted by molar-refractivity contribution is -0.188. The lowest BCUT2D eigenvalue weighted by Crippen LogP contribution is -2.76. The molecule has 2 bridgehead atoms. The highest BCUT2D eigenvalue weighted by Gasteiger charge is 2.73. The fourth-order valence-electron chi connectivity index (χ4n) is 7.10. The maximum absolute atomic E-state index is 13.1. The maximum Gasteiger partial charge on any atom is 0.174 e. The van der Waals surface area contributed by atoms with Crippen LogP contribution in [-0.4, -0.2) is 46.6 Å². The number of ether oxygens (including phenoxy) is 2. The van der Waals surface area contributed by atoms with Gasteiger partial charge in [0.2, 0.25) is 0 Å². The molecule has 32 heavy (non-hydrogen) atoms. The Morgan fingerprint density at radius 3 is 2.78 bits per heavy atom. The van der Waals surface area contributed by atoms with Crippen molar-refractivity contribution in [3.05, 3.63) is 59.2 Å². The molecule has 5 nitrogen and oxygen atoms in total. The molecule has 7 rings (SSSR count). The van der Waals surface area contributed by atoms with Gasteiger partial charge in [0.1, 0.15) is 6.61 Å². The molecule has 0 amide bonds. The summed E-state index contributed by atoms with van der Waals surface area (Å²) < 4.78 is 12.7. The van der Waals surface area contributed by atoms with Gasteiger partial charge in [0.15, 0.2) is 23.4 Å². The van der Waals surface area contributed by atoms with E-state index in [1.54, 1.807) is 0 Å². The van der Waals surface area contributed by atoms with Crippen LogP contribution in [0.15, 0.2) is 42.5 Å². The second-order valence-electron chi connectivity index (χ2n) is 10.5. The van der Waals surface area contributed by atoms with Gasteiger partial charge in [-0.2, -0.15) is 0 Å². The van der Waals surface area contributed by atoms with Gasteiger partial charge in [-0.15, -0.1) is 0 Å². The van der Waals surface area contributed by atoms with E-state index in [1.807, 2.05) is 36.4 Å². The monoisotopic (exact) mass is 431 g/mol. The van der Waals surface area contributed by atoms with Gasteiger partial charge in [0, 0.05) is 24.6 Å². The van der Waals surface area contributed by atoms with Crippen molar-refractivity contribution in [1.82, 2.24) is 4.90 Å². The van der Waals surface area contributed by atoms with E-state index in [0.717, 1.165) is 43.0 Å². The van der Waals surface area contributed by atoms with Crippen molar-refractivity contribution in [1.29, 1.82) is 0 Å². The van der Waals surface area contributed by atoms with Crippen LogP contribution >= 0.6 is 0 Å². The second kappa shape index (κ2) is 6.58. The van der Waals surface area contributed by atoms with Crippen LogP contribution in [-0.2, 0) is 23.2 Å². The first-order chi connectivity index (χ1) is 15.6. The molecule has 4 atom stereocenters. The number of aliphatic hydroxyl groups is 1. The van der Waals surface area contributed by atoms with Crippen molar-refractivity contribution in [2.24, 2.45) is 5.92 Å². The minimum absolute atomic E-state index is 0.0607. The van der Waals surface area contributed by atoms with E-state index in [9.17, 15) is 9.90 Å². The molecule has 5 heteroatoms. The van der Waals surface area contributed by atoms with Gasteiger partial charge >= 0.3 is 0 Å². The average Bonchev–Trinajstić information content (AvgIpc) is 3.55. The third-order valence-corrected chi connectivity index (χ3v) is 8.78. The summed E-state index contributed by atoms with van der Waals surface area (Å²) in [4.78, 5) is 15.7. The van der Waals surface area contributed by atoms with Gasteiger partial charge in [-0.1, -0.05) is 36.4 Å². The molecule has 0 aromatic heterocycles. The van der Waals surface area contributed by atoms with Crippen molar-refractivity contribution >= 4 is 5.78 Å². The first-order valence-corrected chi connectivity index (χ1v) is 12.1. The maximum atomic E-state index is 13.1. The Morgan fingerprint density at radius 1 is 1.12 bits per heavy atom. The SMILES string of the molecule is O=C1CC[C@@]2(O)[C@H]3Cc4ccc(OCc5ccccc5)c5c4[C@@]2(CCN3CC2CC2)C1O5. The van der Waals surface area contributed by atoms with Crippen molar-refractivity contribution in [3.8, 4) is 11.5 Å². The van der Waals surface area contributed by atoms with Gasteiger partial charge in [-0.3, -0.25) is 9.69 Å². The first kappa shape index (κ1) is 19.1. The molecule has 2 aliphatic heterocycles. The Kier molecular flexibility index (Phi) is 3.93. The summed E-state index contributed by atoms with van der Waals surface area (Å²) in [5, 5.41) is 12.3. The van der Waals surface area contributed by atoms with Crippen LogP contribution in [0.5, 0.6) is 11.5 Å². The number of carbonyl (C=O) groups is 1. The molecule has 1 saturated heterocycles. The minimum Gasteiger partial charge on any atom is -0.485 e. The molecule has 1 unspecified atom stereocenters. The molecule has 5 aliphatic rings. The van der Waals surface area contributed by atoms with E-state index >= 15 is 0 Å². The number of carbonyl (C=O) groups excluding carboxylic acids is 1. The Balaban J connectivity index is 1.32. The molecule has 3 fully saturated rings. The summed E-state index contributed by atoms with van der Waals surface area (Å²) in [5.41, 5.74) is 1.81. The number of likely N-dealkylation sites (tertiary alicyclic amines) is 1. The molecule has 2 heterocycles. The third kappa shape index (κ3) is 2.44. The number of piperidine rings is 1.